The number of hydrogen-bond donors (Lipinski definition) is 0. The van der Waals surface area contributed by atoms with Crippen molar-refractivity contribution >= 4 is 40.7 Å². The first kappa shape index (κ1) is 23.2. The first-order valence-corrected chi connectivity index (χ1v) is 11.3. The monoisotopic (exact) mass is 500 g/mol. The number of rotatable bonds is 6. The van der Waals surface area contributed by atoms with Crippen LogP contribution in [-0.2, 0) is 28.5 Å². The van der Waals surface area contributed by atoms with Gasteiger partial charge in [-0.05, 0) is 18.6 Å². The Kier molecular flexibility index (Phi) is 5.89. The Bertz CT molecular complexity index is 1300. The molecule has 5 rings (SSSR count). The van der Waals surface area contributed by atoms with Gasteiger partial charge >= 0.3 is 17.9 Å². The fourth-order valence-electron chi connectivity index (χ4n) is 4.52. The summed E-state index contributed by atoms with van der Waals surface area (Å²) >= 11 is 6.14. The van der Waals surface area contributed by atoms with E-state index in [2.05, 4.69) is 15.0 Å². The SMILES string of the molecule is CC(=O)OC1[C@H](OC(C)=O)[C@H](n2cnc3c(Cl)ncnc32)O[C@]12C[C@@H]2COC(=O)c1ccccc1. The smallest absolute Gasteiger partial charge is 0.338 e. The minimum Gasteiger partial charge on any atom is -0.462 e. The molecule has 35 heavy (non-hydrogen) atoms. The lowest BCUT2D eigenvalue weighted by Crippen LogP contribution is -2.41. The molecule has 11 nitrogen and oxygen atoms in total. The summed E-state index contributed by atoms with van der Waals surface area (Å²) in [5.74, 6) is -1.92. The second-order valence-electron chi connectivity index (χ2n) is 8.42. The van der Waals surface area contributed by atoms with E-state index in [0.717, 1.165) is 0 Å². The van der Waals surface area contributed by atoms with E-state index in [-0.39, 0.29) is 17.7 Å². The van der Waals surface area contributed by atoms with E-state index >= 15 is 0 Å². The standard InChI is InChI=1S/C23H21ClN4O7/c1-12(29)33-17-18(34-13(2)30)23(8-15(23)9-32-22(31)14-6-4-3-5-7-14)35-21(17)28-11-27-16-19(24)25-10-26-20(16)28/h3-7,10-11,15,17-18,21H,8-9H2,1-2H3/t15-,17+,18?,21-,23+/m1/s1. The molecular weight excluding hydrogens is 480 g/mol. The lowest BCUT2D eigenvalue weighted by Gasteiger charge is -2.24. The first-order chi connectivity index (χ1) is 16.8. The number of carbonyl (C=O) groups is 3. The molecule has 2 aliphatic rings. The molecule has 1 aliphatic heterocycles. The predicted octanol–water partition coefficient (Wildman–Crippen LogP) is 2.49. The molecule has 1 unspecified atom stereocenters. The van der Waals surface area contributed by atoms with Crippen molar-refractivity contribution in [3.63, 3.8) is 0 Å². The molecule has 1 aromatic carbocycles. The molecule has 1 spiro atoms. The molecule has 3 aromatic rings. The van der Waals surface area contributed by atoms with Crippen LogP contribution in [0.3, 0.4) is 0 Å². The van der Waals surface area contributed by atoms with Crippen LogP contribution in [0.2, 0.25) is 5.15 Å². The second-order valence-corrected chi connectivity index (χ2v) is 8.78. The van der Waals surface area contributed by atoms with Crippen molar-refractivity contribution in [1.82, 2.24) is 19.5 Å². The minimum atomic E-state index is -1.03. The van der Waals surface area contributed by atoms with Crippen LogP contribution in [0.15, 0.2) is 43.0 Å². The van der Waals surface area contributed by atoms with E-state index in [0.29, 0.717) is 23.1 Å². The summed E-state index contributed by atoms with van der Waals surface area (Å²) in [5, 5.41) is 0.152. The zero-order chi connectivity index (χ0) is 24.7. The number of ether oxygens (including phenoxy) is 4. The molecule has 0 bridgehead atoms. The molecule has 5 atom stereocenters. The number of benzene rings is 1. The van der Waals surface area contributed by atoms with Crippen molar-refractivity contribution in [2.75, 3.05) is 6.61 Å². The predicted molar refractivity (Wildman–Crippen MR) is 119 cm³/mol. The van der Waals surface area contributed by atoms with Crippen molar-refractivity contribution < 1.29 is 33.3 Å². The molecule has 0 radical (unpaired) electrons. The average molecular weight is 501 g/mol. The average Bonchev–Trinajstić information content (AvgIpc) is 3.22. The normalized spacial score (nSPS) is 27.1. The fraction of sp³-hybridized carbons (Fsp3) is 0.391. The third-order valence-electron chi connectivity index (χ3n) is 6.11. The Morgan fingerprint density at radius 2 is 1.86 bits per heavy atom. The van der Waals surface area contributed by atoms with Crippen LogP contribution >= 0.6 is 11.6 Å². The van der Waals surface area contributed by atoms with Crippen molar-refractivity contribution in [2.24, 2.45) is 5.92 Å². The Labute approximate surface area is 204 Å². The van der Waals surface area contributed by atoms with Crippen LogP contribution in [0.25, 0.3) is 11.2 Å². The zero-order valence-corrected chi connectivity index (χ0v) is 19.5. The molecule has 182 valence electrons. The third-order valence-corrected chi connectivity index (χ3v) is 6.38. The number of halogens is 1. The number of nitrogens with zero attached hydrogens (tertiary/aromatic N) is 4. The van der Waals surface area contributed by atoms with Gasteiger partial charge in [-0.1, -0.05) is 29.8 Å². The highest BCUT2D eigenvalue weighted by Gasteiger charge is 2.72. The van der Waals surface area contributed by atoms with Gasteiger partial charge in [-0.3, -0.25) is 14.2 Å². The van der Waals surface area contributed by atoms with Gasteiger partial charge < -0.3 is 18.9 Å². The van der Waals surface area contributed by atoms with Gasteiger partial charge in [0.2, 0.25) is 0 Å². The molecule has 0 amide bonds. The Morgan fingerprint density at radius 3 is 2.57 bits per heavy atom. The van der Waals surface area contributed by atoms with Gasteiger partial charge in [-0.15, -0.1) is 0 Å². The Balaban J connectivity index is 1.44. The van der Waals surface area contributed by atoms with Gasteiger partial charge in [0.1, 0.15) is 17.4 Å². The number of hydrogen-bond acceptors (Lipinski definition) is 10. The molecular formula is C23H21ClN4O7. The summed E-state index contributed by atoms with van der Waals surface area (Å²) in [4.78, 5) is 48.8. The quantitative estimate of drug-likeness (QED) is 0.282. The van der Waals surface area contributed by atoms with E-state index in [1.165, 1.54) is 26.5 Å². The largest absolute Gasteiger partial charge is 0.462 e. The highest BCUT2D eigenvalue weighted by molar-refractivity contribution is 6.33. The summed E-state index contributed by atoms with van der Waals surface area (Å²) in [6, 6.07) is 8.60. The van der Waals surface area contributed by atoms with Crippen molar-refractivity contribution in [2.45, 2.75) is 44.3 Å². The van der Waals surface area contributed by atoms with Gasteiger partial charge in [0.05, 0.1) is 18.5 Å². The van der Waals surface area contributed by atoms with Crippen LogP contribution in [-0.4, -0.2) is 61.8 Å². The van der Waals surface area contributed by atoms with Gasteiger partial charge in [-0.25, -0.2) is 19.7 Å². The van der Waals surface area contributed by atoms with Gasteiger partial charge in [0.15, 0.2) is 29.2 Å². The van der Waals surface area contributed by atoms with E-state index in [1.807, 2.05) is 0 Å². The molecule has 3 heterocycles. The maximum Gasteiger partial charge on any atom is 0.338 e. The Morgan fingerprint density at radius 1 is 1.11 bits per heavy atom. The fourth-order valence-corrected chi connectivity index (χ4v) is 4.70. The maximum absolute atomic E-state index is 12.4. The lowest BCUT2D eigenvalue weighted by molar-refractivity contribution is -0.166. The summed E-state index contributed by atoms with van der Waals surface area (Å²) in [6.45, 7) is 2.55. The van der Waals surface area contributed by atoms with E-state index in [4.69, 9.17) is 30.5 Å². The molecule has 2 fully saturated rings. The van der Waals surface area contributed by atoms with Crippen molar-refractivity contribution in [3.8, 4) is 0 Å². The minimum absolute atomic E-state index is 0.0314. The van der Waals surface area contributed by atoms with Crippen LogP contribution in [0.5, 0.6) is 0 Å². The maximum atomic E-state index is 12.4. The van der Waals surface area contributed by atoms with Crippen LogP contribution in [0.1, 0.15) is 36.9 Å². The van der Waals surface area contributed by atoms with Gasteiger partial charge in [-0.2, -0.15) is 0 Å². The highest BCUT2D eigenvalue weighted by atomic mass is 35.5. The zero-order valence-electron chi connectivity index (χ0n) is 18.8. The summed E-state index contributed by atoms with van der Waals surface area (Å²) < 4.78 is 24.7. The molecule has 1 aliphatic carbocycles. The second kappa shape index (κ2) is 8.90. The molecule has 12 heteroatoms. The number of fused-ring (bicyclic) bond motifs is 1. The van der Waals surface area contributed by atoms with E-state index < -0.39 is 41.9 Å². The number of aromatic nitrogens is 4. The number of carbonyl (C=O) groups excluding carboxylic acids is 3. The lowest BCUT2D eigenvalue weighted by atomic mass is 10.1. The van der Waals surface area contributed by atoms with Crippen LogP contribution < -0.4 is 0 Å². The topological polar surface area (TPSA) is 132 Å². The van der Waals surface area contributed by atoms with E-state index in [9.17, 15) is 14.4 Å². The van der Waals surface area contributed by atoms with Crippen LogP contribution in [0, 0.1) is 5.92 Å². The van der Waals surface area contributed by atoms with E-state index in [1.54, 1.807) is 34.9 Å². The summed E-state index contributed by atoms with van der Waals surface area (Å²) in [6.07, 6.45) is 0.281. The van der Waals surface area contributed by atoms with Crippen molar-refractivity contribution in [3.05, 3.63) is 53.7 Å². The summed E-state index contributed by atoms with van der Waals surface area (Å²) in [5.41, 5.74) is 0.0936. The Hall–Kier alpha value is -3.57. The molecule has 1 saturated heterocycles. The van der Waals surface area contributed by atoms with Crippen molar-refractivity contribution in [1.29, 1.82) is 0 Å². The highest BCUT2D eigenvalue weighted by Crippen LogP contribution is 2.59. The summed E-state index contributed by atoms with van der Waals surface area (Å²) in [7, 11) is 0. The number of imidazole rings is 1. The first-order valence-electron chi connectivity index (χ1n) is 10.9. The van der Waals surface area contributed by atoms with Gasteiger partial charge in [0, 0.05) is 19.8 Å². The van der Waals surface area contributed by atoms with Gasteiger partial charge in [0.25, 0.3) is 0 Å². The molecule has 1 saturated carbocycles. The molecule has 2 aromatic heterocycles. The number of esters is 3. The molecule has 0 N–H and O–H groups in total. The van der Waals surface area contributed by atoms with Crippen LogP contribution in [0.4, 0.5) is 0 Å². The third kappa shape index (κ3) is 4.21.